The molecule has 260 valence electrons. The van der Waals surface area contributed by atoms with E-state index >= 15 is 0 Å². The molecule has 0 aliphatic carbocycles. The molecule has 0 saturated carbocycles. The Balaban J connectivity index is 1.20. The van der Waals surface area contributed by atoms with E-state index in [2.05, 4.69) is 101 Å². The number of thiocarbonyl (C=S) groups is 1. The van der Waals surface area contributed by atoms with Gasteiger partial charge in [-0.15, -0.1) is 0 Å². The summed E-state index contributed by atoms with van der Waals surface area (Å²) in [6, 6.07) is 17.2. The average molecular weight is 673 g/mol. The number of nitrogens with one attached hydrogen (secondary N) is 4. The topological polar surface area (TPSA) is 92.4 Å². The van der Waals surface area contributed by atoms with Crippen molar-refractivity contribution in [3.63, 3.8) is 0 Å². The number of rotatable bonds is 14. The van der Waals surface area contributed by atoms with Crippen LogP contribution < -0.4 is 30.7 Å². The van der Waals surface area contributed by atoms with Gasteiger partial charge in [-0.25, -0.2) is 0 Å². The zero-order valence-corrected chi connectivity index (χ0v) is 31.5. The Hall–Kier alpha value is -3.85. The third-order valence-electron chi connectivity index (χ3n) is 8.54. The van der Waals surface area contributed by atoms with Gasteiger partial charge in [0.15, 0.2) is 5.11 Å². The molecule has 0 saturated heterocycles. The van der Waals surface area contributed by atoms with Crippen molar-refractivity contribution in [3.8, 4) is 11.5 Å². The van der Waals surface area contributed by atoms with Crippen molar-refractivity contribution in [2.24, 2.45) is 0 Å². The zero-order valence-electron chi connectivity index (χ0n) is 30.6. The number of hydrogen-bond acceptors (Lipinski definition) is 7. The summed E-state index contributed by atoms with van der Waals surface area (Å²) < 4.78 is 11.2. The normalized spacial score (nSPS) is 13.2. The maximum Gasteiger partial charge on any atom is 0.166 e. The third kappa shape index (κ3) is 10.1. The van der Waals surface area contributed by atoms with Crippen molar-refractivity contribution in [1.29, 1.82) is 0 Å². The van der Waals surface area contributed by atoms with Crippen molar-refractivity contribution < 1.29 is 9.47 Å². The SMILES string of the molecule is COc1cc(NC(C)CCCNC(=S)NCCCC(C)Nc2cc(OC)cc3ccc(C(C)(C)C)nc23)c2nc(C(C)(C)C)ccc2c1. The molecule has 2 aromatic carbocycles. The predicted octanol–water partition coefficient (Wildman–Crippen LogP) is 8.72. The fraction of sp³-hybridized carbons (Fsp3) is 0.513. The summed E-state index contributed by atoms with van der Waals surface area (Å²) in [5.74, 6) is 1.65. The Bertz CT molecular complexity index is 1570. The van der Waals surface area contributed by atoms with E-state index in [1.807, 2.05) is 24.3 Å². The quantitative estimate of drug-likeness (QED) is 0.0775. The lowest BCUT2D eigenvalue weighted by molar-refractivity contribution is 0.415. The lowest BCUT2D eigenvalue weighted by Crippen LogP contribution is -2.36. The summed E-state index contributed by atoms with van der Waals surface area (Å²) in [4.78, 5) is 10.0. The first-order chi connectivity index (χ1) is 22.7. The second kappa shape index (κ2) is 16.0. The number of anilines is 2. The number of fused-ring (bicyclic) bond motifs is 2. The molecule has 4 aromatic rings. The molecular formula is C39H56N6O2S. The number of benzene rings is 2. The van der Waals surface area contributed by atoms with Crippen molar-refractivity contribution in [3.05, 3.63) is 59.9 Å². The fourth-order valence-electron chi connectivity index (χ4n) is 5.66. The third-order valence-corrected chi connectivity index (χ3v) is 8.83. The minimum absolute atomic E-state index is 0.0229. The van der Waals surface area contributed by atoms with Crippen LogP contribution in [0.3, 0.4) is 0 Å². The zero-order chi connectivity index (χ0) is 35.1. The number of methoxy groups -OCH3 is 2. The van der Waals surface area contributed by atoms with Crippen molar-refractivity contribution in [2.45, 2.75) is 104 Å². The lowest BCUT2D eigenvalue weighted by atomic mass is 9.91. The highest BCUT2D eigenvalue weighted by Gasteiger charge is 2.19. The van der Waals surface area contributed by atoms with Crippen LogP contribution in [0.1, 0.15) is 92.5 Å². The number of aromatic nitrogens is 2. The first-order valence-corrected chi connectivity index (χ1v) is 17.6. The maximum atomic E-state index is 5.58. The largest absolute Gasteiger partial charge is 0.497 e. The van der Waals surface area contributed by atoms with E-state index in [9.17, 15) is 0 Å². The molecule has 48 heavy (non-hydrogen) atoms. The molecule has 2 heterocycles. The van der Waals surface area contributed by atoms with Gasteiger partial charge in [0.05, 0.1) is 36.6 Å². The molecule has 4 N–H and O–H groups in total. The van der Waals surface area contributed by atoms with Crippen LogP contribution in [0, 0.1) is 0 Å². The van der Waals surface area contributed by atoms with Gasteiger partial charge in [-0.2, -0.15) is 0 Å². The summed E-state index contributed by atoms with van der Waals surface area (Å²) in [5, 5.41) is 17.0. The van der Waals surface area contributed by atoms with Crippen molar-refractivity contribution >= 4 is 50.5 Å². The highest BCUT2D eigenvalue weighted by Crippen LogP contribution is 2.33. The van der Waals surface area contributed by atoms with Gasteiger partial charge in [-0.3, -0.25) is 9.97 Å². The molecule has 0 spiro atoms. The molecule has 9 heteroatoms. The Morgan fingerprint density at radius 3 is 1.42 bits per heavy atom. The summed E-state index contributed by atoms with van der Waals surface area (Å²) in [7, 11) is 3.41. The average Bonchev–Trinajstić information content (AvgIpc) is 3.03. The maximum absolute atomic E-state index is 5.58. The van der Waals surface area contributed by atoms with E-state index < -0.39 is 0 Å². The number of nitrogens with zero attached hydrogens (tertiary/aromatic N) is 2. The molecule has 0 amide bonds. The van der Waals surface area contributed by atoms with E-state index in [1.165, 1.54) is 0 Å². The van der Waals surface area contributed by atoms with Gasteiger partial charge in [0, 0.05) is 70.3 Å². The van der Waals surface area contributed by atoms with Crippen LogP contribution in [0.5, 0.6) is 11.5 Å². The number of pyridine rings is 2. The smallest absolute Gasteiger partial charge is 0.166 e. The first kappa shape index (κ1) is 37.0. The van der Waals surface area contributed by atoms with Crippen LogP contribution in [-0.2, 0) is 10.8 Å². The van der Waals surface area contributed by atoms with Gasteiger partial charge in [-0.1, -0.05) is 53.7 Å². The molecule has 2 atom stereocenters. The fourth-order valence-corrected chi connectivity index (χ4v) is 5.87. The molecule has 4 rings (SSSR count). The number of hydrogen-bond donors (Lipinski definition) is 4. The van der Waals surface area contributed by atoms with E-state index in [4.69, 9.17) is 31.7 Å². The highest BCUT2D eigenvalue weighted by atomic mass is 32.1. The Labute approximate surface area is 293 Å². The second-order valence-corrected chi connectivity index (χ2v) is 15.4. The summed E-state index contributed by atoms with van der Waals surface area (Å²) in [6.45, 7) is 19.2. The van der Waals surface area contributed by atoms with E-state index in [0.29, 0.717) is 5.11 Å². The van der Waals surface area contributed by atoms with Gasteiger partial charge >= 0.3 is 0 Å². The van der Waals surface area contributed by atoms with Crippen molar-refractivity contribution in [1.82, 2.24) is 20.6 Å². The number of ether oxygens (including phenoxy) is 2. The van der Waals surface area contributed by atoms with Crippen LogP contribution in [0.15, 0.2) is 48.5 Å². The first-order valence-electron chi connectivity index (χ1n) is 17.2. The minimum Gasteiger partial charge on any atom is -0.497 e. The molecule has 0 aliphatic rings. The Morgan fingerprint density at radius 1 is 0.667 bits per heavy atom. The van der Waals surface area contributed by atoms with Crippen LogP contribution in [0.2, 0.25) is 0 Å². The highest BCUT2D eigenvalue weighted by molar-refractivity contribution is 7.80. The molecule has 0 bridgehead atoms. The van der Waals surface area contributed by atoms with Crippen LogP contribution in [0.4, 0.5) is 11.4 Å². The van der Waals surface area contributed by atoms with E-state index in [0.717, 1.165) is 94.8 Å². The second-order valence-electron chi connectivity index (χ2n) is 14.9. The molecule has 0 aliphatic heterocycles. The molecule has 8 nitrogen and oxygen atoms in total. The standard InChI is InChI=1S/C39H56N6O2S/c1-25(42-31-23-29(46-9)21-27-15-17-33(38(3,4)5)44-35(27)31)13-11-19-40-37(48)41-20-12-14-26(2)43-32-24-30(47-10)22-28-16-18-34(39(6,7)8)45-36(28)32/h15-18,21-26,42-43H,11-14,19-20H2,1-10H3,(H2,40,41,48). The molecule has 2 aromatic heterocycles. The lowest BCUT2D eigenvalue weighted by Gasteiger charge is -2.21. The predicted molar refractivity (Wildman–Crippen MR) is 207 cm³/mol. The monoisotopic (exact) mass is 672 g/mol. The Kier molecular flexibility index (Phi) is 12.4. The van der Waals surface area contributed by atoms with Crippen LogP contribution >= 0.6 is 12.2 Å². The summed E-state index contributed by atoms with van der Waals surface area (Å²) in [6.07, 6.45) is 3.95. The molecule has 2 unspecified atom stereocenters. The molecule has 0 radical (unpaired) electrons. The minimum atomic E-state index is -0.0229. The van der Waals surface area contributed by atoms with E-state index in [1.54, 1.807) is 14.2 Å². The van der Waals surface area contributed by atoms with Gasteiger partial charge in [0.2, 0.25) is 0 Å². The molecular weight excluding hydrogens is 617 g/mol. The van der Waals surface area contributed by atoms with Crippen LogP contribution in [0.25, 0.3) is 21.8 Å². The Morgan fingerprint density at radius 2 is 1.06 bits per heavy atom. The summed E-state index contributed by atoms with van der Waals surface area (Å²) >= 11 is 5.57. The summed E-state index contributed by atoms with van der Waals surface area (Å²) in [5.41, 5.74) is 6.06. The van der Waals surface area contributed by atoms with Gasteiger partial charge in [0.1, 0.15) is 11.5 Å². The van der Waals surface area contributed by atoms with Gasteiger partial charge in [-0.05, 0) is 76.0 Å². The van der Waals surface area contributed by atoms with E-state index in [-0.39, 0.29) is 22.9 Å². The van der Waals surface area contributed by atoms with Gasteiger partial charge < -0.3 is 30.7 Å². The van der Waals surface area contributed by atoms with Gasteiger partial charge in [0.25, 0.3) is 0 Å². The van der Waals surface area contributed by atoms with Crippen molar-refractivity contribution in [2.75, 3.05) is 37.9 Å². The van der Waals surface area contributed by atoms with Crippen LogP contribution in [-0.4, -0.2) is 54.5 Å². The molecule has 0 fully saturated rings.